The van der Waals surface area contributed by atoms with E-state index in [1.807, 2.05) is 0 Å². The molecule has 1 atom stereocenters. The van der Waals surface area contributed by atoms with Crippen LogP contribution in [-0.2, 0) is 28.6 Å². The molecule has 0 radical (unpaired) electrons. The molecule has 0 fully saturated rings. The second-order valence-corrected chi connectivity index (χ2v) is 19.2. The fourth-order valence-corrected chi connectivity index (χ4v) is 8.25. The molecule has 0 aliphatic heterocycles. The molecule has 6 nitrogen and oxygen atoms in total. The van der Waals surface area contributed by atoms with Gasteiger partial charge in [-0.2, -0.15) is 0 Å². The van der Waals surface area contributed by atoms with E-state index in [-0.39, 0.29) is 31.1 Å². The van der Waals surface area contributed by atoms with E-state index in [4.69, 9.17) is 14.2 Å². The number of carbonyl (C=O) groups is 3. The smallest absolute Gasteiger partial charge is 0.306 e. The summed E-state index contributed by atoms with van der Waals surface area (Å²) in [4.78, 5) is 38.1. The maximum atomic E-state index is 12.8. The Bertz CT molecular complexity index is 1090. The number of hydrogen-bond donors (Lipinski definition) is 0. The molecule has 0 aromatic carbocycles. The van der Waals surface area contributed by atoms with Crippen LogP contribution in [0.1, 0.15) is 303 Å². The van der Waals surface area contributed by atoms with Gasteiger partial charge in [-0.1, -0.05) is 224 Å². The standard InChI is InChI=1S/C59H108O6/c1-4-7-10-13-16-19-22-25-27-28-29-30-32-34-37-40-43-46-49-52-58(61)64-55-56(54-63-57(60)51-48-45-42-39-36-33-24-21-18-15-12-9-6-3)65-59(62)53-50-47-44-41-38-35-31-26-23-20-17-14-11-8-5-2/h20-21,23-25,27,56H,4-19,22,26,28-55H2,1-3H3/b23-20+,24-21+,27-25+/t56-/m1/s1. The first-order chi connectivity index (χ1) is 32.0. The number of ether oxygens (including phenoxy) is 3. The lowest BCUT2D eigenvalue weighted by molar-refractivity contribution is -0.167. The van der Waals surface area contributed by atoms with E-state index in [9.17, 15) is 14.4 Å². The number of carbonyl (C=O) groups excluding carboxylic acids is 3. The van der Waals surface area contributed by atoms with Gasteiger partial charge in [-0.05, 0) is 96.3 Å². The summed E-state index contributed by atoms with van der Waals surface area (Å²) in [5.74, 6) is -0.877. The molecule has 0 heterocycles. The van der Waals surface area contributed by atoms with Crippen LogP contribution in [0.25, 0.3) is 0 Å². The Kier molecular flexibility index (Phi) is 52.3. The van der Waals surface area contributed by atoms with E-state index in [2.05, 4.69) is 57.2 Å². The summed E-state index contributed by atoms with van der Waals surface area (Å²) in [6.45, 7) is 6.63. The van der Waals surface area contributed by atoms with E-state index in [0.717, 1.165) is 64.2 Å². The highest BCUT2D eigenvalue weighted by atomic mass is 16.6. The van der Waals surface area contributed by atoms with Crippen LogP contribution in [0.15, 0.2) is 36.5 Å². The topological polar surface area (TPSA) is 78.9 Å². The van der Waals surface area contributed by atoms with Crippen LogP contribution >= 0.6 is 0 Å². The van der Waals surface area contributed by atoms with Crippen LogP contribution in [0.5, 0.6) is 0 Å². The Balaban J connectivity index is 4.33. The summed E-state index contributed by atoms with van der Waals surface area (Å²) in [6.07, 6.45) is 64.1. The fraction of sp³-hybridized carbons (Fsp3) is 0.847. The number of unbranched alkanes of at least 4 members (excludes halogenated alkanes) is 35. The first-order valence-corrected chi connectivity index (χ1v) is 28.5. The number of rotatable bonds is 52. The van der Waals surface area contributed by atoms with Crippen molar-refractivity contribution in [1.29, 1.82) is 0 Å². The molecule has 0 N–H and O–H groups in total. The van der Waals surface area contributed by atoms with Crippen molar-refractivity contribution in [3.8, 4) is 0 Å². The van der Waals surface area contributed by atoms with Crippen molar-refractivity contribution in [2.45, 2.75) is 309 Å². The highest BCUT2D eigenvalue weighted by Crippen LogP contribution is 2.16. The molecule has 0 rings (SSSR count). The maximum Gasteiger partial charge on any atom is 0.306 e. The molecule has 0 aromatic rings. The molecule has 65 heavy (non-hydrogen) atoms. The fourth-order valence-electron chi connectivity index (χ4n) is 8.25. The van der Waals surface area contributed by atoms with Gasteiger partial charge in [0.15, 0.2) is 6.10 Å². The highest BCUT2D eigenvalue weighted by Gasteiger charge is 2.19. The Labute approximate surface area is 404 Å². The first-order valence-electron chi connectivity index (χ1n) is 28.5. The Hall–Kier alpha value is -2.37. The summed E-state index contributed by atoms with van der Waals surface area (Å²) >= 11 is 0. The molecule has 0 aliphatic rings. The van der Waals surface area contributed by atoms with E-state index in [1.165, 1.54) is 199 Å². The molecule has 0 aromatic heterocycles. The summed E-state index contributed by atoms with van der Waals surface area (Å²) < 4.78 is 16.9. The van der Waals surface area contributed by atoms with Crippen LogP contribution in [0, 0.1) is 0 Å². The van der Waals surface area contributed by atoms with Crippen LogP contribution in [0.3, 0.4) is 0 Å². The SMILES string of the molecule is CCCCCC/C=C/CCCCCCCCCC(=O)O[C@H](COC(=O)CCCCCCC/C=C/CCCCCC)COC(=O)CCCCCCCCCCC/C=C/CCCCCCCC. The minimum atomic E-state index is -0.776. The van der Waals surface area contributed by atoms with Crippen molar-refractivity contribution in [3.05, 3.63) is 36.5 Å². The third-order valence-corrected chi connectivity index (χ3v) is 12.6. The van der Waals surface area contributed by atoms with Gasteiger partial charge in [-0.3, -0.25) is 14.4 Å². The third kappa shape index (κ3) is 52.5. The van der Waals surface area contributed by atoms with E-state index in [1.54, 1.807) is 0 Å². The summed E-state index contributed by atoms with van der Waals surface area (Å²) in [7, 11) is 0. The first kappa shape index (κ1) is 62.6. The normalized spacial score (nSPS) is 12.2. The Morgan fingerprint density at radius 1 is 0.292 bits per heavy atom. The molecular formula is C59H108O6. The minimum Gasteiger partial charge on any atom is -0.462 e. The average Bonchev–Trinajstić information content (AvgIpc) is 3.30. The largest absolute Gasteiger partial charge is 0.462 e. The molecule has 0 saturated carbocycles. The summed E-state index contributed by atoms with van der Waals surface area (Å²) in [6, 6.07) is 0. The number of allylic oxidation sites excluding steroid dienone is 6. The lowest BCUT2D eigenvalue weighted by atomic mass is 10.1. The zero-order valence-corrected chi connectivity index (χ0v) is 43.5. The van der Waals surface area contributed by atoms with Gasteiger partial charge in [0.25, 0.3) is 0 Å². The minimum absolute atomic E-state index is 0.0754. The Morgan fingerprint density at radius 2 is 0.508 bits per heavy atom. The molecular weight excluding hydrogens is 805 g/mol. The Morgan fingerprint density at radius 3 is 0.785 bits per heavy atom. The van der Waals surface area contributed by atoms with Gasteiger partial charge in [0.2, 0.25) is 0 Å². The van der Waals surface area contributed by atoms with Crippen LogP contribution in [0.4, 0.5) is 0 Å². The van der Waals surface area contributed by atoms with Gasteiger partial charge < -0.3 is 14.2 Å². The van der Waals surface area contributed by atoms with E-state index < -0.39 is 6.10 Å². The van der Waals surface area contributed by atoms with Crippen molar-refractivity contribution in [3.63, 3.8) is 0 Å². The summed E-state index contributed by atoms with van der Waals surface area (Å²) in [5, 5.41) is 0. The predicted molar refractivity (Wildman–Crippen MR) is 279 cm³/mol. The molecule has 0 spiro atoms. The lowest BCUT2D eigenvalue weighted by Crippen LogP contribution is -2.30. The molecule has 0 unspecified atom stereocenters. The number of esters is 3. The van der Waals surface area contributed by atoms with Gasteiger partial charge in [0.05, 0.1) is 0 Å². The average molecular weight is 914 g/mol. The van der Waals surface area contributed by atoms with Crippen molar-refractivity contribution < 1.29 is 28.6 Å². The summed E-state index contributed by atoms with van der Waals surface area (Å²) in [5.41, 5.74) is 0. The highest BCUT2D eigenvalue weighted by molar-refractivity contribution is 5.71. The molecule has 0 amide bonds. The quantitative estimate of drug-likeness (QED) is 0.0262. The van der Waals surface area contributed by atoms with Crippen molar-refractivity contribution in [2.24, 2.45) is 0 Å². The lowest BCUT2D eigenvalue weighted by Gasteiger charge is -2.18. The van der Waals surface area contributed by atoms with E-state index in [0.29, 0.717) is 19.3 Å². The van der Waals surface area contributed by atoms with Gasteiger partial charge >= 0.3 is 17.9 Å². The second-order valence-electron chi connectivity index (χ2n) is 19.2. The van der Waals surface area contributed by atoms with Crippen LogP contribution < -0.4 is 0 Å². The van der Waals surface area contributed by atoms with Crippen molar-refractivity contribution in [2.75, 3.05) is 13.2 Å². The van der Waals surface area contributed by atoms with E-state index >= 15 is 0 Å². The van der Waals surface area contributed by atoms with Crippen LogP contribution in [-0.4, -0.2) is 37.2 Å². The van der Waals surface area contributed by atoms with Gasteiger partial charge in [-0.15, -0.1) is 0 Å². The van der Waals surface area contributed by atoms with Crippen molar-refractivity contribution in [1.82, 2.24) is 0 Å². The molecule has 380 valence electrons. The van der Waals surface area contributed by atoms with Gasteiger partial charge in [0.1, 0.15) is 13.2 Å². The van der Waals surface area contributed by atoms with Crippen LogP contribution in [0.2, 0.25) is 0 Å². The van der Waals surface area contributed by atoms with Gasteiger partial charge in [0, 0.05) is 19.3 Å². The zero-order chi connectivity index (χ0) is 47.2. The maximum absolute atomic E-state index is 12.8. The molecule has 0 saturated heterocycles. The number of hydrogen-bond acceptors (Lipinski definition) is 6. The van der Waals surface area contributed by atoms with Crippen molar-refractivity contribution >= 4 is 17.9 Å². The second kappa shape index (κ2) is 54.2. The zero-order valence-electron chi connectivity index (χ0n) is 43.5. The molecule has 6 heteroatoms. The monoisotopic (exact) mass is 913 g/mol. The molecule has 0 bridgehead atoms. The molecule has 0 aliphatic carbocycles. The predicted octanol–water partition coefficient (Wildman–Crippen LogP) is 18.9. The van der Waals surface area contributed by atoms with Gasteiger partial charge in [-0.25, -0.2) is 0 Å². The third-order valence-electron chi connectivity index (χ3n) is 12.6.